The van der Waals surface area contributed by atoms with Crippen LogP contribution < -0.4 is 11.3 Å². The van der Waals surface area contributed by atoms with Gasteiger partial charge in [0, 0.05) is 37.0 Å². The van der Waals surface area contributed by atoms with E-state index in [-0.39, 0.29) is 17.5 Å². The Morgan fingerprint density at radius 2 is 2.07 bits per heavy atom. The van der Waals surface area contributed by atoms with E-state index in [1.807, 2.05) is 11.8 Å². The van der Waals surface area contributed by atoms with Crippen LogP contribution in [0, 0.1) is 5.92 Å². The lowest BCUT2D eigenvalue weighted by Gasteiger charge is -2.33. The fraction of sp³-hybridized carbons (Fsp3) is 0.650. The number of hydrogen-bond donors (Lipinski definition) is 1. The van der Waals surface area contributed by atoms with E-state index < -0.39 is 0 Å². The summed E-state index contributed by atoms with van der Waals surface area (Å²) in [5, 5.41) is 0.794. The molecule has 27 heavy (non-hydrogen) atoms. The molecule has 7 heteroatoms. The molecule has 2 aromatic heterocycles. The molecule has 2 aromatic rings. The van der Waals surface area contributed by atoms with Gasteiger partial charge in [0.1, 0.15) is 4.83 Å². The highest BCUT2D eigenvalue weighted by atomic mass is 32.1. The quantitative estimate of drug-likeness (QED) is 0.871. The molecule has 2 N–H and O–H groups in total. The van der Waals surface area contributed by atoms with Gasteiger partial charge in [0.15, 0.2) is 0 Å². The Hall–Kier alpha value is -1.73. The predicted molar refractivity (Wildman–Crippen MR) is 108 cm³/mol. The second-order valence-corrected chi connectivity index (χ2v) is 9.05. The highest BCUT2D eigenvalue weighted by Gasteiger charge is 2.25. The lowest BCUT2D eigenvalue weighted by atomic mass is 9.91. The van der Waals surface area contributed by atoms with Gasteiger partial charge in [-0.3, -0.25) is 14.2 Å². The first-order valence-corrected chi connectivity index (χ1v) is 10.9. The van der Waals surface area contributed by atoms with Crippen LogP contribution in [-0.2, 0) is 24.2 Å². The molecule has 0 radical (unpaired) electrons. The molecular weight excluding hydrogens is 360 g/mol. The summed E-state index contributed by atoms with van der Waals surface area (Å²) in [4.78, 5) is 34.1. The van der Waals surface area contributed by atoms with Crippen LogP contribution in [-0.4, -0.2) is 39.5 Å². The van der Waals surface area contributed by atoms with Crippen molar-refractivity contribution >= 4 is 27.5 Å². The summed E-state index contributed by atoms with van der Waals surface area (Å²) >= 11 is 1.66. The van der Waals surface area contributed by atoms with Crippen molar-refractivity contribution in [2.75, 3.05) is 13.1 Å². The molecule has 1 aliphatic carbocycles. The average Bonchev–Trinajstić information content (AvgIpc) is 3.06. The highest BCUT2D eigenvalue weighted by molar-refractivity contribution is 7.18. The predicted octanol–water partition coefficient (Wildman–Crippen LogP) is 2.31. The van der Waals surface area contributed by atoms with E-state index in [0.29, 0.717) is 18.9 Å². The Morgan fingerprint density at radius 3 is 2.81 bits per heavy atom. The first-order valence-electron chi connectivity index (χ1n) is 10.1. The molecule has 0 saturated carbocycles. The largest absolute Gasteiger partial charge is 0.343 e. The van der Waals surface area contributed by atoms with Gasteiger partial charge in [-0.2, -0.15) is 0 Å². The van der Waals surface area contributed by atoms with Crippen molar-refractivity contribution in [2.24, 2.45) is 11.7 Å². The summed E-state index contributed by atoms with van der Waals surface area (Å²) in [6.45, 7) is 3.99. The minimum Gasteiger partial charge on any atom is -0.343 e. The standard InChI is InChI=1S/C20H28N4O2S/c1-13(21)14-6-9-23(10-7-14)17(25)8-11-24-12-22-19-18(20(24)26)15-4-2-3-5-16(15)27-19/h12-14H,2-11,21H2,1H3. The molecule has 0 spiro atoms. The monoisotopic (exact) mass is 388 g/mol. The third-order valence-electron chi connectivity index (χ3n) is 6.14. The smallest absolute Gasteiger partial charge is 0.262 e. The van der Waals surface area contributed by atoms with Gasteiger partial charge in [0.2, 0.25) is 5.91 Å². The molecular formula is C20H28N4O2S. The van der Waals surface area contributed by atoms with Gasteiger partial charge in [0.05, 0.1) is 11.7 Å². The van der Waals surface area contributed by atoms with Crippen molar-refractivity contribution in [1.29, 1.82) is 0 Å². The number of likely N-dealkylation sites (tertiary alicyclic amines) is 1. The summed E-state index contributed by atoms with van der Waals surface area (Å²) < 4.78 is 1.62. The van der Waals surface area contributed by atoms with E-state index >= 15 is 0 Å². The highest BCUT2D eigenvalue weighted by Crippen LogP contribution is 2.33. The number of carbonyl (C=O) groups excluding carboxylic acids is 1. The number of nitrogens with zero attached hydrogens (tertiary/aromatic N) is 3. The fourth-order valence-corrected chi connectivity index (χ4v) is 5.61. The Kier molecular flexibility index (Phi) is 5.32. The Balaban J connectivity index is 1.44. The molecule has 0 aromatic carbocycles. The summed E-state index contributed by atoms with van der Waals surface area (Å²) in [6.07, 6.45) is 8.28. The number of carbonyl (C=O) groups is 1. The van der Waals surface area contributed by atoms with Crippen LogP contribution in [0.3, 0.4) is 0 Å². The molecule has 0 bridgehead atoms. The second-order valence-electron chi connectivity index (χ2n) is 7.96. The van der Waals surface area contributed by atoms with Crippen LogP contribution in [0.15, 0.2) is 11.1 Å². The van der Waals surface area contributed by atoms with Crippen molar-refractivity contribution in [3.8, 4) is 0 Å². The van der Waals surface area contributed by atoms with Gasteiger partial charge in [-0.05, 0) is 56.9 Å². The Bertz CT molecular complexity index is 893. The molecule has 146 valence electrons. The van der Waals surface area contributed by atoms with Crippen LogP contribution in [0.25, 0.3) is 10.2 Å². The number of aryl methyl sites for hydroxylation is 3. The Morgan fingerprint density at radius 1 is 1.33 bits per heavy atom. The van der Waals surface area contributed by atoms with Gasteiger partial charge >= 0.3 is 0 Å². The zero-order valence-corrected chi connectivity index (χ0v) is 16.8. The third kappa shape index (κ3) is 3.67. The second kappa shape index (κ2) is 7.72. The fourth-order valence-electron chi connectivity index (χ4n) is 4.39. The Labute approximate surface area is 163 Å². The number of piperidine rings is 1. The molecule has 1 aliphatic heterocycles. The van der Waals surface area contributed by atoms with Crippen molar-refractivity contribution in [1.82, 2.24) is 14.5 Å². The van der Waals surface area contributed by atoms with Gasteiger partial charge < -0.3 is 10.6 Å². The first kappa shape index (κ1) is 18.6. The number of thiophene rings is 1. The lowest BCUT2D eigenvalue weighted by molar-refractivity contribution is -0.132. The van der Waals surface area contributed by atoms with Gasteiger partial charge in [-0.25, -0.2) is 4.98 Å². The minimum atomic E-state index is 0.0165. The number of amides is 1. The van der Waals surface area contributed by atoms with Gasteiger partial charge in [-0.15, -0.1) is 11.3 Å². The lowest BCUT2D eigenvalue weighted by Crippen LogP contribution is -2.42. The molecule has 1 fully saturated rings. The van der Waals surface area contributed by atoms with Crippen molar-refractivity contribution < 1.29 is 4.79 Å². The van der Waals surface area contributed by atoms with Crippen molar-refractivity contribution in [3.63, 3.8) is 0 Å². The van der Waals surface area contributed by atoms with E-state index in [1.165, 1.54) is 16.9 Å². The zero-order chi connectivity index (χ0) is 19.0. The molecule has 1 saturated heterocycles. The summed E-state index contributed by atoms with van der Waals surface area (Å²) in [7, 11) is 0. The van der Waals surface area contributed by atoms with E-state index in [9.17, 15) is 9.59 Å². The molecule has 4 rings (SSSR count). The first-order chi connectivity index (χ1) is 13.0. The molecule has 6 nitrogen and oxygen atoms in total. The topological polar surface area (TPSA) is 81.2 Å². The number of fused-ring (bicyclic) bond motifs is 3. The third-order valence-corrected chi connectivity index (χ3v) is 7.34. The van der Waals surface area contributed by atoms with Crippen LogP contribution in [0.1, 0.15) is 49.5 Å². The van der Waals surface area contributed by atoms with E-state index in [4.69, 9.17) is 5.73 Å². The number of nitrogens with two attached hydrogens (primary N) is 1. The normalized spacial score (nSPS) is 19.3. The number of rotatable bonds is 4. The van der Waals surface area contributed by atoms with E-state index in [0.717, 1.165) is 55.4 Å². The van der Waals surface area contributed by atoms with Crippen LogP contribution in [0.2, 0.25) is 0 Å². The SMILES string of the molecule is CC(N)C1CCN(C(=O)CCn2cnc3sc4c(c3c2=O)CCCC4)CC1. The minimum absolute atomic E-state index is 0.0165. The maximum atomic E-state index is 13.0. The van der Waals surface area contributed by atoms with E-state index in [1.54, 1.807) is 22.2 Å². The van der Waals surface area contributed by atoms with E-state index in [2.05, 4.69) is 4.98 Å². The van der Waals surface area contributed by atoms with Crippen molar-refractivity contribution in [3.05, 3.63) is 27.1 Å². The number of hydrogen-bond acceptors (Lipinski definition) is 5. The molecule has 3 heterocycles. The maximum absolute atomic E-state index is 13.0. The summed E-state index contributed by atoms with van der Waals surface area (Å²) in [5.41, 5.74) is 7.20. The van der Waals surface area contributed by atoms with Gasteiger partial charge in [-0.1, -0.05) is 0 Å². The number of aromatic nitrogens is 2. The maximum Gasteiger partial charge on any atom is 0.262 e. The molecule has 1 unspecified atom stereocenters. The molecule has 2 aliphatic rings. The van der Waals surface area contributed by atoms with Crippen molar-refractivity contribution in [2.45, 2.75) is 64.5 Å². The summed E-state index contributed by atoms with van der Waals surface area (Å²) in [6, 6.07) is 0.190. The zero-order valence-electron chi connectivity index (χ0n) is 15.9. The van der Waals surface area contributed by atoms with Crippen LogP contribution in [0.4, 0.5) is 0 Å². The molecule has 1 amide bonds. The van der Waals surface area contributed by atoms with Crippen LogP contribution in [0.5, 0.6) is 0 Å². The average molecular weight is 389 g/mol. The van der Waals surface area contributed by atoms with Crippen LogP contribution >= 0.6 is 11.3 Å². The molecule has 1 atom stereocenters. The van der Waals surface area contributed by atoms with Gasteiger partial charge in [0.25, 0.3) is 5.56 Å². The summed E-state index contributed by atoms with van der Waals surface area (Å²) in [5.74, 6) is 0.630.